The van der Waals surface area contributed by atoms with Crippen molar-refractivity contribution < 1.29 is 4.74 Å². The summed E-state index contributed by atoms with van der Waals surface area (Å²) in [5.41, 5.74) is 1.10. The first kappa shape index (κ1) is 14.4. The Morgan fingerprint density at radius 3 is 2.80 bits per heavy atom. The van der Waals surface area contributed by atoms with Gasteiger partial charge in [0, 0.05) is 25.7 Å². The van der Waals surface area contributed by atoms with Gasteiger partial charge in [-0.05, 0) is 17.7 Å². The van der Waals surface area contributed by atoms with Gasteiger partial charge in [0.05, 0.1) is 7.11 Å². The van der Waals surface area contributed by atoms with Crippen molar-refractivity contribution in [2.45, 2.75) is 6.54 Å². The number of methoxy groups -OCH3 is 1. The van der Waals surface area contributed by atoms with Crippen LogP contribution in [0, 0.1) is 0 Å². The van der Waals surface area contributed by atoms with Gasteiger partial charge >= 0.3 is 0 Å². The molecule has 0 amide bonds. The van der Waals surface area contributed by atoms with Gasteiger partial charge in [-0.25, -0.2) is 9.97 Å². The predicted molar refractivity (Wildman–Crippen MR) is 81.7 cm³/mol. The quantitative estimate of drug-likeness (QED) is 0.918. The van der Waals surface area contributed by atoms with Crippen LogP contribution in [0.1, 0.15) is 5.56 Å². The number of nitrogens with one attached hydrogen (secondary N) is 1. The molecule has 6 heteroatoms. The normalized spacial score (nSPS) is 10.2. The summed E-state index contributed by atoms with van der Waals surface area (Å²) in [7, 11) is 5.35. The summed E-state index contributed by atoms with van der Waals surface area (Å²) >= 11 is 6.00. The molecule has 20 heavy (non-hydrogen) atoms. The van der Waals surface area contributed by atoms with Gasteiger partial charge in [-0.15, -0.1) is 0 Å². The van der Waals surface area contributed by atoms with Crippen molar-refractivity contribution >= 4 is 23.2 Å². The highest BCUT2D eigenvalue weighted by atomic mass is 35.5. The summed E-state index contributed by atoms with van der Waals surface area (Å²) in [6.45, 7) is 0.678. The van der Waals surface area contributed by atoms with Gasteiger partial charge in [0.2, 0.25) is 5.75 Å². The molecule has 0 aliphatic rings. The second-order valence-electron chi connectivity index (χ2n) is 4.32. The third kappa shape index (κ3) is 3.11. The van der Waals surface area contributed by atoms with E-state index in [1.54, 1.807) is 14.2 Å². The van der Waals surface area contributed by atoms with Crippen LogP contribution in [0.5, 0.6) is 5.75 Å². The average molecular weight is 293 g/mol. The van der Waals surface area contributed by atoms with Crippen LogP contribution in [0.3, 0.4) is 0 Å². The fourth-order valence-corrected chi connectivity index (χ4v) is 2.20. The number of nitrogens with zero attached hydrogens (tertiary/aromatic N) is 3. The van der Waals surface area contributed by atoms with E-state index >= 15 is 0 Å². The Bertz CT molecular complexity index is 591. The van der Waals surface area contributed by atoms with Crippen LogP contribution in [0.4, 0.5) is 11.6 Å². The number of anilines is 2. The number of rotatable bonds is 5. The first-order valence-electron chi connectivity index (χ1n) is 6.18. The van der Waals surface area contributed by atoms with Gasteiger partial charge in [0.15, 0.2) is 11.6 Å². The van der Waals surface area contributed by atoms with Gasteiger partial charge < -0.3 is 15.0 Å². The van der Waals surface area contributed by atoms with Crippen molar-refractivity contribution in [3.8, 4) is 5.75 Å². The van der Waals surface area contributed by atoms with E-state index in [1.807, 2.05) is 36.2 Å². The highest BCUT2D eigenvalue weighted by molar-refractivity contribution is 6.30. The number of aromatic nitrogens is 2. The molecule has 0 radical (unpaired) electrons. The number of halogens is 1. The van der Waals surface area contributed by atoms with Crippen LogP contribution in [-0.4, -0.2) is 31.2 Å². The Morgan fingerprint density at radius 2 is 2.15 bits per heavy atom. The molecular formula is C14H17ClN4O. The lowest BCUT2D eigenvalue weighted by Gasteiger charge is -2.21. The van der Waals surface area contributed by atoms with E-state index in [2.05, 4.69) is 15.3 Å². The lowest BCUT2D eigenvalue weighted by molar-refractivity contribution is 0.413. The molecule has 2 rings (SSSR count). The SMILES string of the molecule is CNc1ncnc(N(C)Cc2cccc(Cl)c2)c1OC. The Hall–Kier alpha value is -2.01. The largest absolute Gasteiger partial charge is 0.490 e. The molecule has 5 nitrogen and oxygen atoms in total. The predicted octanol–water partition coefficient (Wildman–Crippen LogP) is 2.82. The Kier molecular flexibility index (Phi) is 4.63. The number of hydrogen-bond donors (Lipinski definition) is 1. The summed E-state index contributed by atoms with van der Waals surface area (Å²) in [4.78, 5) is 10.4. The maximum absolute atomic E-state index is 6.00. The maximum atomic E-state index is 6.00. The molecule has 0 atom stereocenters. The summed E-state index contributed by atoms with van der Waals surface area (Å²) in [6.07, 6.45) is 1.51. The second kappa shape index (κ2) is 6.43. The van der Waals surface area contributed by atoms with Crippen LogP contribution in [0.15, 0.2) is 30.6 Å². The molecule has 1 aromatic carbocycles. The standard InChI is InChI=1S/C14H17ClN4O/c1-16-13-12(20-3)14(18-9-17-13)19(2)8-10-5-4-6-11(15)7-10/h4-7,9H,8H2,1-3H3,(H,16,17,18). The van der Waals surface area contributed by atoms with E-state index in [0.717, 1.165) is 16.4 Å². The number of hydrogen-bond acceptors (Lipinski definition) is 5. The van der Waals surface area contributed by atoms with E-state index in [0.29, 0.717) is 18.1 Å². The zero-order valence-electron chi connectivity index (χ0n) is 11.7. The minimum absolute atomic E-state index is 0.625. The van der Waals surface area contributed by atoms with Crippen LogP contribution in [0.25, 0.3) is 0 Å². The number of benzene rings is 1. The van der Waals surface area contributed by atoms with E-state index in [4.69, 9.17) is 16.3 Å². The monoisotopic (exact) mass is 292 g/mol. The van der Waals surface area contributed by atoms with Gasteiger partial charge in [0.25, 0.3) is 0 Å². The molecule has 106 valence electrons. The first-order valence-corrected chi connectivity index (χ1v) is 6.55. The molecule has 0 spiro atoms. The van der Waals surface area contributed by atoms with E-state index in [1.165, 1.54) is 6.33 Å². The summed E-state index contributed by atoms with van der Waals surface area (Å²) in [6, 6.07) is 7.75. The molecule has 0 saturated heterocycles. The van der Waals surface area contributed by atoms with E-state index in [9.17, 15) is 0 Å². The maximum Gasteiger partial charge on any atom is 0.204 e. The van der Waals surface area contributed by atoms with Crippen molar-refractivity contribution in [1.29, 1.82) is 0 Å². The molecule has 0 fully saturated rings. The Balaban J connectivity index is 2.27. The smallest absolute Gasteiger partial charge is 0.204 e. The third-order valence-electron chi connectivity index (χ3n) is 2.90. The molecule has 1 aromatic heterocycles. The number of ether oxygens (including phenoxy) is 1. The molecule has 0 aliphatic heterocycles. The van der Waals surface area contributed by atoms with Crippen LogP contribution in [0.2, 0.25) is 5.02 Å². The Morgan fingerprint density at radius 1 is 1.35 bits per heavy atom. The molecule has 1 heterocycles. The molecule has 0 aliphatic carbocycles. The fraction of sp³-hybridized carbons (Fsp3) is 0.286. The van der Waals surface area contributed by atoms with Crippen molar-refractivity contribution in [2.24, 2.45) is 0 Å². The van der Waals surface area contributed by atoms with Crippen LogP contribution < -0.4 is 15.0 Å². The lowest BCUT2D eigenvalue weighted by Crippen LogP contribution is -2.19. The van der Waals surface area contributed by atoms with Crippen molar-refractivity contribution in [3.05, 3.63) is 41.2 Å². The Labute approximate surface area is 123 Å². The van der Waals surface area contributed by atoms with E-state index in [-0.39, 0.29) is 0 Å². The van der Waals surface area contributed by atoms with Crippen molar-refractivity contribution in [3.63, 3.8) is 0 Å². The minimum Gasteiger partial charge on any atom is -0.490 e. The second-order valence-corrected chi connectivity index (χ2v) is 4.75. The molecule has 1 N–H and O–H groups in total. The highest BCUT2D eigenvalue weighted by Crippen LogP contribution is 2.31. The van der Waals surface area contributed by atoms with Gasteiger partial charge in [-0.1, -0.05) is 23.7 Å². The van der Waals surface area contributed by atoms with Crippen molar-refractivity contribution in [2.75, 3.05) is 31.4 Å². The zero-order chi connectivity index (χ0) is 14.5. The molecule has 0 saturated carbocycles. The van der Waals surface area contributed by atoms with Gasteiger partial charge in [-0.3, -0.25) is 0 Å². The van der Waals surface area contributed by atoms with Crippen LogP contribution in [-0.2, 0) is 6.54 Å². The first-order chi connectivity index (χ1) is 9.65. The third-order valence-corrected chi connectivity index (χ3v) is 3.13. The average Bonchev–Trinajstić information content (AvgIpc) is 2.46. The fourth-order valence-electron chi connectivity index (χ4n) is 1.99. The minimum atomic E-state index is 0.625. The summed E-state index contributed by atoms with van der Waals surface area (Å²) in [5, 5.41) is 3.71. The highest BCUT2D eigenvalue weighted by Gasteiger charge is 2.15. The lowest BCUT2D eigenvalue weighted by atomic mass is 10.2. The molecule has 2 aromatic rings. The molecule has 0 bridgehead atoms. The molecular weight excluding hydrogens is 276 g/mol. The van der Waals surface area contributed by atoms with Gasteiger partial charge in [0.1, 0.15) is 6.33 Å². The zero-order valence-corrected chi connectivity index (χ0v) is 12.5. The van der Waals surface area contributed by atoms with Crippen molar-refractivity contribution in [1.82, 2.24) is 9.97 Å². The van der Waals surface area contributed by atoms with E-state index < -0.39 is 0 Å². The van der Waals surface area contributed by atoms with Gasteiger partial charge in [-0.2, -0.15) is 0 Å². The van der Waals surface area contributed by atoms with Crippen LogP contribution >= 0.6 is 11.6 Å². The summed E-state index contributed by atoms with van der Waals surface area (Å²) in [5.74, 6) is 2.02. The summed E-state index contributed by atoms with van der Waals surface area (Å²) < 4.78 is 5.39. The topological polar surface area (TPSA) is 50.3 Å². The molecule has 0 unspecified atom stereocenters.